The zero-order valence-electron chi connectivity index (χ0n) is 17.9. The van der Waals surface area contributed by atoms with Crippen LogP contribution in [0.5, 0.6) is 0 Å². The van der Waals surface area contributed by atoms with Gasteiger partial charge in [0.15, 0.2) is 11.8 Å². The molecule has 3 aromatic rings. The summed E-state index contributed by atoms with van der Waals surface area (Å²) in [6.45, 7) is 9.60. The van der Waals surface area contributed by atoms with Crippen LogP contribution < -0.4 is 10.6 Å². The van der Waals surface area contributed by atoms with E-state index in [1.165, 1.54) is 0 Å². The molecule has 0 amide bonds. The van der Waals surface area contributed by atoms with E-state index in [9.17, 15) is 0 Å². The third-order valence-electron chi connectivity index (χ3n) is 4.43. The van der Waals surface area contributed by atoms with Crippen LogP contribution in [-0.4, -0.2) is 39.0 Å². The molecule has 2 aromatic heterocycles. The SMILES string of the molecule is CCNC(=NCCc1nc(C(C)C)no1)NC(C)c1cccc(-n2cccn2)c1.I. The number of rotatable bonds is 8. The van der Waals surface area contributed by atoms with Crippen LogP contribution in [0.25, 0.3) is 5.69 Å². The lowest BCUT2D eigenvalue weighted by molar-refractivity contribution is 0.372. The topological polar surface area (TPSA) is 93.2 Å². The average Bonchev–Trinajstić information content (AvgIpc) is 3.40. The van der Waals surface area contributed by atoms with Crippen LogP contribution in [0.3, 0.4) is 0 Å². The molecule has 162 valence electrons. The molecule has 8 nitrogen and oxygen atoms in total. The van der Waals surface area contributed by atoms with Crippen molar-refractivity contribution in [1.82, 2.24) is 30.6 Å². The fourth-order valence-corrected chi connectivity index (χ4v) is 2.83. The number of guanidine groups is 1. The van der Waals surface area contributed by atoms with Gasteiger partial charge in [-0.3, -0.25) is 4.99 Å². The van der Waals surface area contributed by atoms with Gasteiger partial charge in [0.2, 0.25) is 5.89 Å². The van der Waals surface area contributed by atoms with E-state index in [1.54, 1.807) is 6.20 Å². The van der Waals surface area contributed by atoms with Gasteiger partial charge in [-0.25, -0.2) is 4.68 Å². The quantitative estimate of drug-likeness (QED) is 0.265. The number of aromatic nitrogens is 4. The first-order valence-electron chi connectivity index (χ1n) is 10.0. The zero-order valence-corrected chi connectivity index (χ0v) is 20.2. The van der Waals surface area contributed by atoms with Crippen LogP contribution in [0, 0.1) is 0 Å². The highest BCUT2D eigenvalue weighted by Crippen LogP contribution is 2.16. The third kappa shape index (κ3) is 6.54. The predicted molar refractivity (Wildman–Crippen MR) is 129 cm³/mol. The molecule has 2 N–H and O–H groups in total. The molecule has 0 radical (unpaired) electrons. The molecule has 0 saturated heterocycles. The molecule has 0 aliphatic heterocycles. The van der Waals surface area contributed by atoms with E-state index in [4.69, 9.17) is 4.52 Å². The van der Waals surface area contributed by atoms with Crippen molar-refractivity contribution in [3.63, 3.8) is 0 Å². The normalized spacial score (nSPS) is 12.5. The van der Waals surface area contributed by atoms with Gasteiger partial charge in [-0.15, -0.1) is 24.0 Å². The molecule has 1 unspecified atom stereocenters. The lowest BCUT2D eigenvalue weighted by Crippen LogP contribution is -2.38. The number of hydrogen-bond donors (Lipinski definition) is 2. The standard InChI is InChI=1S/C21H29N7O.HI/c1-5-22-21(23-12-10-19-26-20(15(2)3)27-29-19)25-16(4)17-8-6-9-18(14-17)28-13-7-11-24-28;/h6-9,11,13-16H,5,10,12H2,1-4H3,(H2,22,23,25);1H. The van der Waals surface area contributed by atoms with Gasteiger partial charge in [0, 0.05) is 31.3 Å². The van der Waals surface area contributed by atoms with Gasteiger partial charge in [-0.1, -0.05) is 31.1 Å². The second kappa shape index (κ2) is 11.7. The van der Waals surface area contributed by atoms with E-state index in [2.05, 4.69) is 49.9 Å². The first-order chi connectivity index (χ1) is 14.1. The van der Waals surface area contributed by atoms with Gasteiger partial charge in [0.1, 0.15) is 0 Å². The molecule has 3 rings (SSSR count). The van der Waals surface area contributed by atoms with Crippen molar-refractivity contribution in [1.29, 1.82) is 0 Å². The summed E-state index contributed by atoms with van der Waals surface area (Å²) in [6.07, 6.45) is 4.32. The first-order valence-corrected chi connectivity index (χ1v) is 10.0. The third-order valence-corrected chi connectivity index (χ3v) is 4.43. The number of hydrogen-bond acceptors (Lipinski definition) is 5. The Morgan fingerprint density at radius 2 is 2.07 bits per heavy atom. The number of nitrogens with one attached hydrogen (secondary N) is 2. The molecule has 0 saturated carbocycles. The Kier molecular flexibility index (Phi) is 9.28. The maximum absolute atomic E-state index is 5.29. The van der Waals surface area contributed by atoms with Gasteiger partial charge in [-0.2, -0.15) is 10.1 Å². The fourth-order valence-electron chi connectivity index (χ4n) is 2.83. The molecule has 9 heteroatoms. The molecule has 0 fully saturated rings. The van der Waals surface area contributed by atoms with Crippen LogP contribution in [0.2, 0.25) is 0 Å². The van der Waals surface area contributed by atoms with Crippen molar-refractivity contribution in [3.05, 3.63) is 60.0 Å². The molecular formula is C21H30IN7O. The van der Waals surface area contributed by atoms with E-state index in [-0.39, 0.29) is 35.9 Å². The van der Waals surface area contributed by atoms with Crippen LogP contribution >= 0.6 is 24.0 Å². The fraction of sp³-hybridized carbons (Fsp3) is 0.429. The minimum absolute atomic E-state index is 0. The maximum Gasteiger partial charge on any atom is 0.228 e. The lowest BCUT2D eigenvalue weighted by Gasteiger charge is -2.19. The summed E-state index contributed by atoms with van der Waals surface area (Å²) in [5.41, 5.74) is 2.18. The van der Waals surface area contributed by atoms with Gasteiger partial charge in [0.25, 0.3) is 0 Å². The number of aliphatic imine (C=N–C) groups is 1. The summed E-state index contributed by atoms with van der Waals surface area (Å²) in [5, 5.41) is 15.0. The van der Waals surface area contributed by atoms with Crippen molar-refractivity contribution in [2.24, 2.45) is 4.99 Å². The smallest absolute Gasteiger partial charge is 0.228 e. The van der Waals surface area contributed by atoms with E-state index < -0.39 is 0 Å². The summed E-state index contributed by atoms with van der Waals surface area (Å²) in [7, 11) is 0. The molecule has 0 bridgehead atoms. The minimum atomic E-state index is 0. The van der Waals surface area contributed by atoms with Crippen molar-refractivity contribution in [2.45, 2.75) is 46.1 Å². The molecule has 0 aliphatic rings. The van der Waals surface area contributed by atoms with Crippen LogP contribution in [0.1, 0.15) is 56.9 Å². The highest BCUT2D eigenvalue weighted by Gasteiger charge is 2.11. The minimum Gasteiger partial charge on any atom is -0.357 e. The molecule has 0 aliphatic carbocycles. The number of nitrogens with zero attached hydrogens (tertiary/aromatic N) is 5. The van der Waals surface area contributed by atoms with Crippen molar-refractivity contribution >= 4 is 29.9 Å². The Morgan fingerprint density at radius 3 is 2.73 bits per heavy atom. The molecule has 1 aromatic carbocycles. The van der Waals surface area contributed by atoms with E-state index >= 15 is 0 Å². The summed E-state index contributed by atoms with van der Waals surface area (Å²) >= 11 is 0. The van der Waals surface area contributed by atoms with Crippen molar-refractivity contribution in [3.8, 4) is 5.69 Å². The summed E-state index contributed by atoms with van der Waals surface area (Å²) < 4.78 is 7.14. The van der Waals surface area contributed by atoms with E-state index in [1.807, 2.05) is 49.8 Å². The number of benzene rings is 1. The Bertz CT molecular complexity index is 921. The molecule has 30 heavy (non-hydrogen) atoms. The predicted octanol–water partition coefficient (Wildman–Crippen LogP) is 3.86. The largest absolute Gasteiger partial charge is 0.357 e. The van der Waals surface area contributed by atoms with E-state index in [0.717, 1.165) is 29.6 Å². The second-order valence-electron chi connectivity index (χ2n) is 7.12. The summed E-state index contributed by atoms with van der Waals surface area (Å²) in [6, 6.07) is 10.3. The Balaban J connectivity index is 0.00000320. The Morgan fingerprint density at radius 1 is 1.23 bits per heavy atom. The molecule has 1 atom stereocenters. The summed E-state index contributed by atoms with van der Waals surface area (Å²) in [4.78, 5) is 9.05. The molecule has 0 spiro atoms. The van der Waals surface area contributed by atoms with Gasteiger partial charge in [0.05, 0.1) is 18.3 Å². The van der Waals surface area contributed by atoms with Crippen LogP contribution in [0.4, 0.5) is 0 Å². The highest BCUT2D eigenvalue weighted by atomic mass is 127. The Labute approximate surface area is 194 Å². The van der Waals surface area contributed by atoms with Crippen LogP contribution in [-0.2, 0) is 6.42 Å². The molecule has 2 heterocycles. The lowest BCUT2D eigenvalue weighted by atomic mass is 10.1. The van der Waals surface area contributed by atoms with Gasteiger partial charge in [-0.05, 0) is 37.6 Å². The monoisotopic (exact) mass is 523 g/mol. The zero-order chi connectivity index (χ0) is 20.6. The average molecular weight is 523 g/mol. The highest BCUT2D eigenvalue weighted by molar-refractivity contribution is 14.0. The van der Waals surface area contributed by atoms with Crippen LogP contribution in [0.15, 0.2) is 52.2 Å². The Hall–Kier alpha value is -2.43. The second-order valence-corrected chi connectivity index (χ2v) is 7.12. The van der Waals surface area contributed by atoms with Gasteiger partial charge < -0.3 is 15.2 Å². The van der Waals surface area contributed by atoms with Crippen molar-refractivity contribution < 1.29 is 4.52 Å². The van der Waals surface area contributed by atoms with E-state index in [0.29, 0.717) is 18.9 Å². The van der Waals surface area contributed by atoms with Crippen molar-refractivity contribution in [2.75, 3.05) is 13.1 Å². The van der Waals surface area contributed by atoms with Gasteiger partial charge >= 0.3 is 0 Å². The first kappa shape index (κ1) is 23.8. The number of halogens is 1. The molecular weight excluding hydrogens is 493 g/mol. The summed E-state index contributed by atoms with van der Waals surface area (Å²) in [5.74, 6) is 2.37. The maximum atomic E-state index is 5.29.